The van der Waals surface area contributed by atoms with Gasteiger partial charge in [-0.15, -0.1) is 12.4 Å². The summed E-state index contributed by atoms with van der Waals surface area (Å²) in [6.45, 7) is 4.97. The van der Waals surface area contributed by atoms with Crippen molar-refractivity contribution >= 4 is 18.3 Å². The van der Waals surface area contributed by atoms with Crippen molar-refractivity contribution in [1.82, 2.24) is 10.2 Å². The van der Waals surface area contributed by atoms with E-state index in [-0.39, 0.29) is 18.3 Å². The number of nitrogens with zero attached hydrogens (tertiary/aromatic N) is 1. The average molecular weight is 297 g/mol. The molecule has 20 heavy (non-hydrogen) atoms. The van der Waals surface area contributed by atoms with Crippen LogP contribution < -0.4 is 5.32 Å². The lowest BCUT2D eigenvalue weighted by Gasteiger charge is -2.32. The van der Waals surface area contributed by atoms with Crippen LogP contribution in [0.1, 0.15) is 24.0 Å². The normalized spacial score (nSPS) is 15.8. The third-order valence-corrected chi connectivity index (χ3v) is 4.06. The standard InChI is InChI=1S/C16H24N2O.ClH/c1-13-5-3-4-6-15(13)11-16(19)18-9-7-14(8-10-18)12-17-2;/h3-6,14,17H,7-12H2,1-2H3;1H. The first-order chi connectivity index (χ1) is 9.20. The highest BCUT2D eigenvalue weighted by atomic mass is 35.5. The van der Waals surface area contributed by atoms with Crippen molar-refractivity contribution < 1.29 is 4.79 Å². The first kappa shape index (κ1) is 17.0. The Morgan fingerprint density at radius 3 is 2.55 bits per heavy atom. The van der Waals surface area contributed by atoms with Gasteiger partial charge < -0.3 is 10.2 Å². The molecule has 112 valence electrons. The number of rotatable bonds is 4. The number of benzene rings is 1. The molecular weight excluding hydrogens is 272 g/mol. The number of halogens is 1. The van der Waals surface area contributed by atoms with Gasteiger partial charge in [-0.3, -0.25) is 4.79 Å². The maximum Gasteiger partial charge on any atom is 0.226 e. The number of amides is 1. The molecule has 0 unspecified atom stereocenters. The van der Waals surface area contributed by atoms with Crippen LogP contribution in [0.5, 0.6) is 0 Å². The Balaban J connectivity index is 0.00000200. The van der Waals surface area contributed by atoms with Crippen LogP contribution in [0.15, 0.2) is 24.3 Å². The first-order valence-electron chi connectivity index (χ1n) is 7.17. The largest absolute Gasteiger partial charge is 0.342 e. The Bertz CT molecular complexity index is 428. The van der Waals surface area contributed by atoms with Crippen LogP contribution in [0.25, 0.3) is 0 Å². The van der Waals surface area contributed by atoms with Crippen LogP contribution >= 0.6 is 12.4 Å². The second-order valence-corrected chi connectivity index (χ2v) is 5.49. The van der Waals surface area contributed by atoms with Gasteiger partial charge in [-0.2, -0.15) is 0 Å². The topological polar surface area (TPSA) is 32.3 Å². The van der Waals surface area contributed by atoms with Gasteiger partial charge in [0.25, 0.3) is 0 Å². The number of hydrogen-bond acceptors (Lipinski definition) is 2. The van der Waals surface area contributed by atoms with E-state index in [1.165, 1.54) is 5.56 Å². The molecule has 4 heteroatoms. The lowest BCUT2D eigenvalue weighted by Crippen LogP contribution is -2.41. The summed E-state index contributed by atoms with van der Waals surface area (Å²) in [5.74, 6) is 1.00. The fraction of sp³-hybridized carbons (Fsp3) is 0.562. The lowest BCUT2D eigenvalue weighted by atomic mass is 9.96. The Kier molecular flexibility index (Phi) is 7.03. The van der Waals surface area contributed by atoms with E-state index in [0.29, 0.717) is 6.42 Å². The molecule has 0 aromatic heterocycles. The number of carbonyl (C=O) groups excluding carboxylic acids is 1. The van der Waals surface area contributed by atoms with Gasteiger partial charge in [0.1, 0.15) is 0 Å². The van der Waals surface area contributed by atoms with E-state index in [4.69, 9.17) is 0 Å². The van der Waals surface area contributed by atoms with E-state index in [1.54, 1.807) is 0 Å². The maximum atomic E-state index is 12.3. The van der Waals surface area contributed by atoms with E-state index < -0.39 is 0 Å². The van der Waals surface area contributed by atoms with Crippen LogP contribution in [-0.2, 0) is 11.2 Å². The van der Waals surface area contributed by atoms with Crippen molar-refractivity contribution in [2.75, 3.05) is 26.7 Å². The van der Waals surface area contributed by atoms with Crippen LogP contribution in [0, 0.1) is 12.8 Å². The zero-order valence-corrected chi connectivity index (χ0v) is 13.2. The van der Waals surface area contributed by atoms with E-state index in [1.807, 2.05) is 24.1 Å². The molecule has 0 bridgehead atoms. The highest BCUT2D eigenvalue weighted by Gasteiger charge is 2.22. The molecule has 1 saturated heterocycles. The quantitative estimate of drug-likeness (QED) is 0.925. The Morgan fingerprint density at radius 1 is 1.30 bits per heavy atom. The molecule has 1 aromatic carbocycles. The van der Waals surface area contributed by atoms with Gasteiger partial charge >= 0.3 is 0 Å². The van der Waals surface area contributed by atoms with Crippen LogP contribution in [0.4, 0.5) is 0 Å². The molecule has 1 fully saturated rings. The second-order valence-electron chi connectivity index (χ2n) is 5.49. The molecule has 1 heterocycles. The third kappa shape index (κ3) is 4.50. The predicted molar refractivity (Wildman–Crippen MR) is 85.4 cm³/mol. The highest BCUT2D eigenvalue weighted by Crippen LogP contribution is 2.18. The van der Waals surface area contributed by atoms with Gasteiger partial charge in [0, 0.05) is 13.1 Å². The highest BCUT2D eigenvalue weighted by molar-refractivity contribution is 5.85. The van der Waals surface area contributed by atoms with E-state index in [0.717, 1.165) is 44.0 Å². The Hall–Kier alpha value is -1.06. The summed E-state index contributed by atoms with van der Waals surface area (Å²) in [5.41, 5.74) is 2.37. The van der Waals surface area contributed by atoms with Gasteiger partial charge in [0.15, 0.2) is 0 Å². The van der Waals surface area contributed by atoms with Crippen molar-refractivity contribution in [2.24, 2.45) is 5.92 Å². The van der Waals surface area contributed by atoms with Gasteiger partial charge in [-0.25, -0.2) is 0 Å². The minimum absolute atomic E-state index is 0. The molecule has 1 amide bonds. The minimum atomic E-state index is 0. The van der Waals surface area contributed by atoms with Crippen LogP contribution in [0.2, 0.25) is 0 Å². The summed E-state index contributed by atoms with van der Waals surface area (Å²) in [4.78, 5) is 14.3. The maximum absolute atomic E-state index is 12.3. The number of carbonyl (C=O) groups is 1. The molecular formula is C16H25ClN2O. The van der Waals surface area contributed by atoms with Crippen LogP contribution in [0.3, 0.4) is 0 Å². The number of likely N-dealkylation sites (tertiary alicyclic amines) is 1. The molecule has 0 saturated carbocycles. The summed E-state index contributed by atoms with van der Waals surface area (Å²) in [5, 5.41) is 3.23. The average Bonchev–Trinajstić information content (AvgIpc) is 2.42. The first-order valence-corrected chi connectivity index (χ1v) is 7.17. The SMILES string of the molecule is CNCC1CCN(C(=O)Cc2ccccc2C)CC1.Cl. The molecule has 3 nitrogen and oxygen atoms in total. The zero-order valence-electron chi connectivity index (χ0n) is 12.4. The molecule has 0 atom stereocenters. The van der Waals surface area contributed by atoms with Crippen molar-refractivity contribution in [3.63, 3.8) is 0 Å². The fourth-order valence-corrected chi connectivity index (χ4v) is 2.76. The lowest BCUT2D eigenvalue weighted by molar-refractivity contribution is -0.131. The molecule has 1 aromatic rings. The molecule has 0 spiro atoms. The molecule has 0 aliphatic carbocycles. The monoisotopic (exact) mass is 296 g/mol. The van der Waals surface area contributed by atoms with Gasteiger partial charge in [-0.05, 0) is 50.4 Å². The molecule has 2 rings (SSSR count). The summed E-state index contributed by atoms with van der Waals surface area (Å²) in [6.07, 6.45) is 2.80. The third-order valence-electron chi connectivity index (χ3n) is 4.06. The van der Waals surface area contributed by atoms with Crippen molar-refractivity contribution in [2.45, 2.75) is 26.2 Å². The van der Waals surface area contributed by atoms with Crippen molar-refractivity contribution in [1.29, 1.82) is 0 Å². The van der Waals surface area contributed by atoms with Crippen molar-refractivity contribution in [3.8, 4) is 0 Å². The van der Waals surface area contributed by atoms with E-state index in [2.05, 4.69) is 24.4 Å². The Labute approximate surface area is 128 Å². The molecule has 0 radical (unpaired) electrons. The summed E-state index contributed by atoms with van der Waals surface area (Å²) >= 11 is 0. The summed E-state index contributed by atoms with van der Waals surface area (Å²) in [6, 6.07) is 8.16. The van der Waals surface area contributed by atoms with Crippen molar-refractivity contribution in [3.05, 3.63) is 35.4 Å². The van der Waals surface area contributed by atoms with Gasteiger partial charge in [0.05, 0.1) is 6.42 Å². The fourth-order valence-electron chi connectivity index (χ4n) is 2.76. The smallest absolute Gasteiger partial charge is 0.226 e. The zero-order chi connectivity index (χ0) is 13.7. The van der Waals surface area contributed by atoms with Gasteiger partial charge in [-0.1, -0.05) is 24.3 Å². The molecule has 1 aliphatic rings. The summed E-state index contributed by atoms with van der Waals surface area (Å²) in [7, 11) is 2.00. The predicted octanol–water partition coefficient (Wildman–Crippen LogP) is 2.42. The summed E-state index contributed by atoms with van der Waals surface area (Å²) < 4.78 is 0. The number of nitrogens with one attached hydrogen (secondary N) is 1. The number of aryl methyl sites for hydroxylation is 1. The van der Waals surface area contributed by atoms with Gasteiger partial charge in [0.2, 0.25) is 5.91 Å². The van der Waals surface area contributed by atoms with Crippen LogP contribution in [-0.4, -0.2) is 37.5 Å². The minimum Gasteiger partial charge on any atom is -0.342 e. The Morgan fingerprint density at radius 2 is 1.95 bits per heavy atom. The number of hydrogen-bond donors (Lipinski definition) is 1. The van der Waals surface area contributed by atoms with E-state index in [9.17, 15) is 4.79 Å². The molecule has 1 N–H and O–H groups in total. The second kappa shape index (κ2) is 8.28. The number of piperidine rings is 1. The molecule has 1 aliphatic heterocycles. The van der Waals surface area contributed by atoms with E-state index >= 15 is 0 Å².